The Morgan fingerprint density at radius 3 is 2.68 bits per heavy atom. The number of rotatable bonds is 5. The molecule has 3 heteroatoms. The van der Waals surface area contributed by atoms with E-state index in [4.69, 9.17) is 4.74 Å². The van der Waals surface area contributed by atoms with E-state index in [1.807, 2.05) is 0 Å². The summed E-state index contributed by atoms with van der Waals surface area (Å²) < 4.78 is 5.18. The molecular formula is C16H26N2O. The Labute approximate surface area is 117 Å². The van der Waals surface area contributed by atoms with Gasteiger partial charge in [-0.2, -0.15) is 0 Å². The molecule has 1 saturated heterocycles. The van der Waals surface area contributed by atoms with Gasteiger partial charge in [-0.1, -0.05) is 30.3 Å². The molecule has 106 valence electrons. The standard InChI is InChI=1S/C16H26N2O/c1-15-8-9-17(12-13-19-2)10-11-18(15)14-16-6-4-3-5-7-16/h3-7,15H,8-14H2,1-2H3. The van der Waals surface area contributed by atoms with Crippen LogP contribution in [-0.2, 0) is 11.3 Å². The van der Waals surface area contributed by atoms with Crippen molar-refractivity contribution in [3.8, 4) is 0 Å². The smallest absolute Gasteiger partial charge is 0.0589 e. The molecule has 1 aliphatic rings. The van der Waals surface area contributed by atoms with E-state index < -0.39 is 0 Å². The van der Waals surface area contributed by atoms with Crippen LogP contribution in [-0.4, -0.2) is 55.7 Å². The van der Waals surface area contributed by atoms with E-state index in [1.165, 1.54) is 18.5 Å². The van der Waals surface area contributed by atoms with Crippen LogP contribution >= 0.6 is 0 Å². The maximum Gasteiger partial charge on any atom is 0.0589 e. The molecule has 1 atom stereocenters. The quantitative estimate of drug-likeness (QED) is 0.809. The Hall–Kier alpha value is -0.900. The molecule has 1 heterocycles. The Bertz CT molecular complexity index is 355. The first-order valence-electron chi connectivity index (χ1n) is 7.29. The van der Waals surface area contributed by atoms with Crippen molar-refractivity contribution in [3.05, 3.63) is 35.9 Å². The second-order valence-corrected chi connectivity index (χ2v) is 5.43. The fourth-order valence-corrected chi connectivity index (χ4v) is 2.65. The van der Waals surface area contributed by atoms with Crippen molar-refractivity contribution in [2.45, 2.75) is 25.9 Å². The molecule has 19 heavy (non-hydrogen) atoms. The number of nitrogens with zero attached hydrogens (tertiary/aromatic N) is 2. The molecule has 1 aromatic rings. The molecule has 1 aromatic carbocycles. The van der Waals surface area contributed by atoms with E-state index in [2.05, 4.69) is 47.1 Å². The number of hydrogen-bond acceptors (Lipinski definition) is 3. The van der Waals surface area contributed by atoms with Gasteiger partial charge >= 0.3 is 0 Å². The average molecular weight is 262 g/mol. The minimum atomic E-state index is 0.660. The zero-order valence-electron chi connectivity index (χ0n) is 12.2. The van der Waals surface area contributed by atoms with Crippen LogP contribution in [0.5, 0.6) is 0 Å². The topological polar surface area (TPSA) is 15.7 Å². The Kier molecular flexibility index (Phi) is 5.83. The summed E-state index contributed by atoms with van der Waals surface area (Å²) in [5.41, 5.74) is 1.42. The van der Waals surface area contributed by atoms with E-state index in [1.54, 1.807) is 7.11 Å². The normalized spacial score (nSPS) is 22.3. The van der Waals surface area contributed by atoms with Crippen molar-refractivity contribution in [2.24, 2.45) is 0 Å². The highest BCUT2D eigenvalue weighted by atomic mass is 16.5. The second kappa shape index (κ2) is 7.63. The van der Waals surface area contributed by atoms with E-state index in [0.29, 0.717) is 6.04 Å². The summed E-state index contributed by atoms with van der Waals surface area (Å²) in [4.78, 5) is 5.12. The first-order valence-corrected chi connectivity index (χ1v) is 7.29. The number of methoxy groups -OCH3 is 1. The van der Waals surface area contributed by atoms with Gasteiger partial charge in [-0.05, 0) is 25.5 Å². The van der Waals surface area contributed by atoms with Gasteiger partial charge in [-0.15, -0.1) is 0 Å². The molecular weight excluding hydrogens is 236 g/mol. The van der Waals surface area contributed by atoms with Crippen LogP contribution in [0.15, 0.2) is 30.3 Å². The van der Waals surface area contributed by atoms with Gasteiger partial charge in [0, 0.05) is 39.3 Å². The lowest BCUT2D eigenvalue weighted by molar-refractivity contribution is 0.148. The number of hydrogen-bond donors (Lipinski definition) is 0. The van der Waals surface area contributed by atoms with Gasteiger partial charge in [-0.25, -0.2) is 0 Å². The number of benzene rings is 1. The Morgan fingerprint density at radius 2 is 1.95 bits per heavy atom. The van der Waals surface area contributed by atoms with Crippen LogP contribution in [0.4, 0.5) is 0 Å². The highest BCUT2D eigenvalue weighted by Crippen LogP contribution is 2.14. The lowest BCUT2D eigenvalue weighted by Gasteiger charge is -2.26. The van der Waals surface area contributed by atoms with E-state index in [-0.39, 0.29) is 0 Å². The maximum atomic E-state index is 5.18. The fraction of sp³-hybridized carbons (Fsp3) is 0.625. The van der Waals surface area contributed by atoms with E-state index in [9.17, 15) is 0 Å². The fourth-order valence-electron chi connectivity index (χ4n) is 2.65. The maximum absolute atomic E-state index is 5.18. The zero-order valence-corrected chi connectivity index (χ0v) is 12.2. The van der Waals surface area contributed by atoms with Crippen LogP contribution in [0.3, 0.4) is 0 Å². The predicted molar refractivity (Wildman–Crippen MR) is 79.2 cm³/mol. The van der Waals surface area contributed by atoms with Gasteiger partial charge in [0.25, 0.3) is 0 Å². The molecule has 0 amide bonds. The van der Waals surface area contributed by atoms with Gasteiger partial charge < -0.3 is 4.74 Å². The first kappa shape index (κ1) is 14.5. The number of ether oxygens (including phenoxy) is 1. The Balaban J connectivity index is 1.87. The summed E-state index contributed by atoms with van der Waals surface area (Å²) in [6.07, 6.45) is 1.25. The summed E-state index contributed by atoms with van der Waals surface area (Å²) in [6.45, 7) is 8.81. The summed E-state index contributed by atoms with van der Waals surface area (Å²) in [5.74, 6) is 0. The SMILES string of the molecule is COCCN1CCC(C)N(Cc2ccccc2)CC1. The average Bonchev–Trinajstić information content (AvgIpc) is 2.61. The molecule has 1 unspecified atom stereocenters. The molecule has 2 rings (SSSR count). The third kappa shape index (κ3) is 4.60. The minimum absolute atomic E-state index is 0.660. The van der Waals surface area contributed by atoms with E-state index in [0.717, 1.165) is 32.8 Å². The van der Waals surface area contributed by atoms with Gasteiger partial charge in [0.2, 0.25) is 0 Å². The van der Waals surface area contributed by atoms with Gasteiger partial charge in [0.05, 0.1) is 6.61 Å². The van der Waals surface area contributed by atoms with Crippen LogP contribution < -0.4 is 0 Å². The molecule has 1 aliphatic heterocycles. The molecule has 0 saturated carbocycles. The molecule has 0 bridgehead atoms. The largest absolute Gasteiger partial charge is 0.383 e. The van der Waals surface area contributed by atoms with Crippen molar-refractivity contribution in [1.29, 1.82) is 0 Å². The molecule has 0 aliphatic carbocycles. The van der Waals surface area contributed by atoms with Crippen LogP contribution in [0.1, 0.15) is 18.9 Å². The summed E-state index contributed by atoms with van der Waals surface area (Å²) >= 11 is 0. The molecule has 3 nitrogen and oxygen atoms in total. The van der Waals surface area contributed by atoms with Crippen molar-refractivity contribution >= 4 is 0 Å². The summed E-state index contributed by atoms with van der Waals surface area (Å²) in [6, 6.07) is 11.4. The van der Waals surface area contributed by atoms with Crippen LogP contribution in [0.2, 0.25) is 0 Å². The summed E-state index contributed by atoms with van der Waals surface area (Å²) in [5, 5.41) is 0. The lowest BCUT2D eigenvalue weighted by Crippen LogP contribution is -2.34. The van der Waals surface area contributed by atoms with E-state index >= 15 is 0 Å². The monoisotopic (exact) mass is 262 g/mol. The molecule has 0 spiro atoms. The third-order valence-corrected chi connectivity index (χ3v) is 4.03. The van der Waals surface area contributed by atoms with Crippen LogP contribution in [0.25, 0.3) is 0 Å². The van der Waals surface area contributed by atoms with Gasteiger partial charge in [0.15, 0.2) is 0 Å². The molecule has 0 aromatic heterocycles. The van der Waals surface area contributed by atoms with Crippen molar-refractivity contribution in [3.63, 3.8) is 0 Å². The van der Waals surface area contributed by atoms with Crippen molar-refractivity contribution in [2.75, 3.05) is 39.9 Å². The highest BCUT2D eigenvalue weighted by Gasteiger charge is 2.20. The predicted octanol–water partition coefficient (Wildman–Crippen LogP) is 2.23. The van der Waals surface area contributed by atoms with Gasteiger partial charge in [-0.3, -0.25) is 9.80 Å². The molecule has 0 radical (unpaired) electrons. The highest BCUT2D eigenvalue weighted by molar-refractivity contribution is 5.14. The Morgan fingerprint density at radius 1 is 1.16 bits per heavy atom. The third-order valence-electron chi connectivity index (χ3n) is 4.03. The zero-order chi connectivity index (χ0) is 13.5. The molecule has 1 fully saturated rings. The van der Waals surface area contributed by atoms with Gasteiger partial charge in [0.1, 0.15) is 0 Å². The van der Waals surface area contributed by atoms with Crippen molar-refractivity contribution in [1.82, 2.24) is 9.80 Å². The second-order valence-electron chi connectivity index (χ2n) is 5.43. The van der Waals surface area contributed by atoms with Crippen molar-refractivity contribution < 1.29 is 4.74 Å². The summed E-state index contributed by atoms with van der Waals surface area (Å²) in [7, 11) is 1.78. The minimum Gasteiger partial charge on any atom is -0.383 e. The van der Waals surface area contributed by atoms with Crippen LogP contribution in [0, 0.1) is 0 Å². The molecule has 0 N–H and O–H groups in total. The lowest BCUT2D eigenvalue weighted by atomic mass is 10.1. The first-order chi connectivity index (χ1) is 9.29.